The molecule has 2 aromatic heterocycles. The van der Waals surface area contributed by atoms with Crippen molar-refractivity contribution in [2.75, 3.05) is 33.2 Å². The van der Waals surface area contributed by atoms with Gasteiger partial charge in [0.1, 0.15) is 0 Å². The Hall–Kier alpha value is -3.26. The summed E-state index contributed by atoms with van der Waals surface area (Å²) in [7, 11) is 1.76. The lowest BCUT2D eigenvalue weighted by atomic mass is 10.3. The monoisotopic (exact) mass is 426 g/mol. The number of furan rings is 1. The largest absolute Gasteiger partial charge is 0.459 e. The van der Waals surface area contributed by atoms with E-state index in [0.29, 0.717) is 43.5 Å². The lowest BCUT2D eigenvalue weighted by Crippen LogP contribution is -2.53. The standard InChI is InChI=1S/C21H23ClN6O2/c1-23-21(27-10-8-26(9-11-27)20(29)19-3-2-12-30-19)24-13-16-14-25-28(15-16)18-6-4-17(22)5-7-18/h2-7,12,14-15H,8-11,13H2,1H3,(H,23,24). The highest BCUT2D eigenvalue weighted by molar-refractivity contribution is 6.30. The smallest absolute Gasteiger partial charge is 0.289 e. The van der Waals surface area contributed by atoms with E-state index in [0.717, 1.165) is 17.2 Å². The van der Waals surface area contributed by atoms with E-state index >= 15 is 0 Å². The van der Waals surface area contributed by atoms with Crippen molar-refractivity contribution in [2.24, 2.45) is 4.99 Å². The number of carbonyl (C=O) groups excluding carboxylic acids is 1. The number of nitrogens with zero attached hydrogens (tertiary/aromatic N) is 5. The number of hydrogen-bond donors (Lipinski definition) is 1. The van der Waals surface area contributed by atoms with Gasteiger partial charge in [-0.25, -0.2) is 4.68 Å². The summed E-state index contributed by atoms with van der Waals surface area (Å²) in [5.74, 6) is 1.11. The van der Waals surface area contributed by atoms with Gasteiger partial charge in [-0.3, -0.25) is 9.79 Å². The number of aromatic nitrogens is 2. The summed E-state index contributed by atoms with van der Waals surface area (Å²) in [5, 5.41) is 8.49. The molecule has 1 aliphatic rings. The number of piperazine rings is 1. The molecule has 0 bridgehead atoms. The number of benzene rings is 1. The van der Waals surface area contributed by atoms with E-state index < -0.39 is 0 Å². The lowest BCUT2D eigenvalue weighted by Gasteiger charge is -2.36. The van der Waals surface area contributed by atoms with Crippen molar-refractivity contribution in [3.8, 4) is 5.69 Å². The molecule has 0 atom stereocenters. The molecule has 156 valence electrons. The number of guanidine groups is 1. The third-order valence-corrected chi connectivity index (χ3v) is 5.24. The predicted molar refractivity (Wildman–Crippen MR) is 115 cm³/mol. The van der Waals surface area contributed by atoms with Crippen LogP contribution >= 0.6 is 11.6 Å². The van der Waals surface area contributed by atoms with Crippen LogP contribution in [0, 0.1) is 0 Å². The van der Waals surface area contributed by atoms with Crippen molar-refractivity contribution in [1.82, 2.24) is 24.9 Å². The highest BCUT2D eigenvalue weighted by atomic mass is 35.5. The summed E-state index contributed by atoms with van der Waals surface area (Å²) < 4.78 is 7.03. The Bertz CT molecular complexity index is 1000. The molecule has 1 amide bonds. The van der Waals surface area contributed by atoms with E-state index in [-0.39, 0.29) is 5.91 Å². The number of amides is 1. The molecule has 3 aromatic rings. The van der Waals surface area contributed by atoms with Crippen LogP contribution in [0.3, 0.4) is 0 Å². The van der Waals surface area contributed by atoms with Gasteiger partial charge >= 0.3 is 0 Å². The summed E-state index contributed by atoms with van der Waals surface area (Å²) in [6.45, 7) is 3.25. The van der Waals surface area contributed by atoms with Crippen molar-refractivity contribution in [2.45, 2.75) is 6.54 Å². The molecule has 4 rings (SSSR count). The fourth-order valence-corrected chi connectivity index (χ4v) is 3.50. The Labute approximate surface area is 179 Å². The average Bonchev–Trinajstić information content (AvgIpc) is 3.47. The summed E-state index contributed by atoms with van der Waals surface area (Å²) in [6, 6.07) is 11.0. The Balaban J connectivity index is 1.30. The molecule has 0 radical (unpaired) electrons. The molecule has 1 N–H and O–H groups in total. The topological polar surface area (TPSA) is 78.9 Å². The molecular formula is C21H23ClN6O2. The zero-order chi connectivity index (χ0) is 20.9. The van der Waals surface area contributed by atoms with Gasteiger partial charge in [0.25, 0.3) is 5.91 Å². The Morgan fingerprint density at radius 2 is 1.90 bits per heavy atom. The molecule has 3 heterocycles. The molecule has 30 heavy (non-hydrogen) atoms. The zero-order valence-corrected chi connectivity index (χ0v) is 17.4. The van der Waals surface area contributed by atoms with Gasteiger partial charge < -0.3 is 19.5 Å². The molecule has 1 fully saturated rings. The van der Waals surface area contributed by atoms with Gasteiger partial charge in [-0.15, -0.1) is 0 Å². The minimum atomic E-state index is -0.0720. The second-order valence-electron chi connectivity index (χ2n) is 6.93. The maximum Gasteiger partial charge on any atom is 0.289 e. The third-order valence-electron chi connectivity index (χ3n) is 4.99. The van der Waals surface area contributed by atoms with Gasteiger partial charge in [0.2, 0.25) is 0 Å². The number of hydrogen-bond acceptors (Lipinski definition) is 4. The van der Waals surface area contributed by atoms with Crippen molar-refractivity contribution in [3.63, 3.8) is 0 Å². The molecule has 1 aromatic carbocycles. The number of nitrogens with one attached hydrogen (secondary N) is 1. The summed E-state index contributed by atoms with van der Waals surface area (Å²) >= 11 is 5.95. The fourth-order valence-electron chi connectivity index (χ4n) is 3.38. The quantitative estimate of drug-likeness (QED) is 0.512. The highest BCUT2D eigenvalue weighted by Gasteiger charge is 2.25. The van der Waals surface area contributed by atoms with Crippen LogP contribution in [0.15, 0.2) is 64.5 Å². The van der Waals surface area contributed by atoms with E-state index in [1.165, 1.54) is 6.26 Å². The molecule has 0 saturated carbocycles. The van der Waals surface area contributed by atoms with E-state index in [4.69, 9.17) is 16.0 Å². The first-order valence-electron chi connectivity index (χ1n) is 9.72. The molecule has 1 saturated heterocycles. The van der Waals surface area contributed by atoms with Crippen LogP contribution in [0.25, 0.3) is 5.69 Å². The summed E-state index contributed by atoms with van der Waals surface area (Å²) in [6.07, 6.45) is 5.32. The van der Waals surface area contributed by atoms with E-state index in [1.54, 1.807) is 24.1 Å². The minimum Gasteiger partial charge on any atom is -0.459 e. The van der Waals surface area contributed by atoms with Crippen LogP contribution in [-0.4, -0.2) is 64.7 Å². The number of aliphatic imine (C=N–C) groups is 1. The fraction of sp³-hybridized carbons (Fsp3) is 0.286. The second-order valence-corrected chi connectivity index (χ2v) is 7.36. The normalized spacial score (nSPS) is 14.8. The Morgan fingerprint density at radius 3 is 2.57 bits per heavy atom. The first kappa shape index (κ1) is 20.0. The number of halogens is 1. The van der Waals surface area contributed by atoms with Gasteiger partial charge in [0, 0.05) is 56.6 Å². The van der Waals surface area contributed by atoms with Crippen LogP contribution in [0.4, 0.5) is 0 Å². The van der Waals surface area contributed by atoms with E-state index in [1.807, 2.05) is 41.3 Å². The highest BCUT2D eigenvalue weighted by Crippen LogP contribution is 2.14. The van der Waals surface area contributed by atoms with Crippen molar-refractivity contribution in [1.29, 1.82) is 0 Å². The Kier molecular flexibility index (Phi) is 6.04. The molecule has 0 unspecified atom stereocenters. The van der Waals surface area contributed by atoms with Gasteiger partial charge in [0.15, 0.2) is 11.7 Å². The van der Waals surface area contributed by atoms with Gasteiger partial charge in [-0.1, -0.05) is 11.6 Å². The number of rotatable bonds is 4. The van der Waals surface area contributed by atoms with E-state index in [2.05, 4.69) is 20.3 Å². The third kappa shape index (κ3) is 4.49. The van der Waals surface area contributed by atoms with Gasteiger partial charge in [0.05, 0.1) is 18.1 Å². The molecule has 8 nitrogen and oxygen atoms in total. The molecule has 0 aliphatic carbocycles. The zero-order valence-electron chi connectivity index (χ0n) is 16.7. The maximum atomic E-state index is 12.4. The van der Waals surface area contributed by atoms with Crippen LogP contribution in [0.5, 0.6) is 0 Å². The maximum absolute atomic E-state index is 12.4. The van der Waals surface area contributed by atoms with Crippen LogP contribution in [0.1, 0.15) is 16.1 Å². The molecule has 1 aliphatic heterocycles. The summed E-state index contributed by atoms with van der Waals surface area (Å²) in [4.78, 5) is 20.7. The van der Waals surface area contributed by atoms with Crippen molar-refractivity contribution in [3.05, 3.63) is 71.4 Å². The molecule has 0 spiro atoms. The SMILES string of the molecule is CN=C(NCc1cnn(-c2ccc(Cl)cc2)c1)N1CCN(C(=O)c2ccco2)CC1. The second kappa shape index (κ2) is 9.04. The summed E-state index contributed by atoms with van der Waals surface area (Å²) in [5.41, 5.74) is 1.99. The van der Waals surface area contributed by atoms with Crippen LogP contribution in [0.2, 0.25) is 5.02 Å². The molecular weight excluding hydrogens is 404 g/mol. The van der Waals surface area contributed by atoms with Gasteiger partial charge in [-0.2, -0.15) is 5.10 Å². The molecule has 9 heteroatoms. The van der Waals surface area contributed by atoms with Crippen LogP contribution < -0.4 is 5.32 Å². The first-order valence-corrected chi connectivity index (χ1v) is 10.1. The van der Waals surface area contributed by atoms with E-state index in [9.17, 15) is 4.79 Å². The first-order chi connectivity index (χ1) is 14.6. The minimum absolute atomic E-state index is 0.0720. The predicted octanol–water partition coefficient (Wildman–Crippen LogP) is 2.65. The van der Waals surface area contributed by atoms with Crippen LogP contribution in [-0.2, 0) is 6.54 Å². The van der Waals surface area contributed by atoms with Crippen molar-refractivity contribution < 1.29 is 9.21 Å². The van der Waals surface area contributed by atoms with Crippen molar-refractivity contribution >= 4 is 23.5 Å². The lowest BCUT2D eigenvalue weighted by molar-refractivity contribution is 0.0657. The average molecular weight is 427 g/mol. The number of carbonyl (C=O) groups is 1. The van der Waals surface area contributed by atoms with Gasteiger partial charge in [-0.05, 0) is 36.4 Å². The Morgan fingerprint density at radius 1 is 1.17 bits per heavy atom.